The summed E-state index contributed by atoms with van der Waals surface area (Å²) in [4.78, 5) is 0. The number of nitrogens with one attached hydrogen (secondary N) is 1. The monoisotopic (exact) mass is 285 g/mol. The van der Waals surface area contributed by atoms with Gasteiger partial charge in [0.25, 0.3) is 0 Å². The van der Waals surface area contributed by atoms with Gasteiger partial charge >= 0.3 is 0 Å². The minimum Gasteiger partial charge on any atom is -0.495 e. The fourth-order valence-electron chi connectivity index (χ4n) is 2.10. The third kappa shape index (κ3) is 4.42. The molecule has 21 heavy (non-hydrogen) atoms. The van der Waals surface area contributed by atoms with E-state index in [0.29, 0.717) is 0 Å². The van der Waals surface area contributed by atoms with E-state index < -0.39 is 0 Å². The van der Waals surface area contributed by atoms with Gasteiger partial charge in [0, 0.05) is 6.54 Å². The van der Waals surface area contributed by atoms with Crippen LogP contribution in [0.4, 0.5) is 5.69 Å². The van der Waals surface area contributed by atoms with Gasteiger partial charge in [0.1, 0.15) is 11.5 Å². The number of benzene rings is 2. The maximum Gasteiger partial charge on any atom is 0.142 e. The highest BCUT2D eigenvalue weighted by atomic mass is 16.5. The topological polar surface area (TPSA) is 30.5 Å². The molecule has 2 aromatic rings. The molecule has 0 heterocycles. The molecule has 3 nitrogen and oxygen atoms in total. The first-order valence-corrected chi connectivity index (χ1v) is 7.22. The highest BCUT2D eigenvalue weighted by molar-refractivity contribution is 5.57. The van der Waals surface area contributed by atoms with Gasteiger partial charge < -0.3 is 14.8 Å². The predicted molar refractivity (Wildman–Crippen MR) is 87.3 cm³/mol. The molecule has 0 bridgehead atoms. The summed E-state index contributed by atoms with van der Waals surface area (Å²) in [6, 6.07) is 14.3. The normalized spacial score (nSPS) is 10.5. The summed E-state index contributed by atoms with van der Waals surface area (Å²) < 4.78 is 11.0. The molecule has 0 spiro atoms. The number of hydrogen-bond donors (Lipinski definition) is 1. The molecule has 2 aromatic carbocycles. The van der Waals surface area contributed by atoms with E-state index in [4.69, 9.17) is 9.47 Å². The Kier molecular flexibility index (Phi) is 5.09. The quantitative estimate of drug-likeness (QED) is 0.853. The van der Waals surface area contributed by atoms with Crippen molar-refractivity contribution in [1.82, 2.24) is 0 Å². The number of ether oxygens (including phenoxy) is 2. The van der Waals surface area contributed by atoms with Crippen LogP contribution in [-0.2, 0) is 6.54 Å². The van der Waals surface area contributed by atoms with Gasteiger partial charge in [-0.25, -0.2) is 0 Å². The van der Waals surface area contributed by atoms with Crippen LogP contribution in [0.3, 0.4) is 0 Å². The Bertz CT molecular complexity index is 576. The van der Waals surface area contributed by atoms with E-state index >= 15 is 0 Å². The molecular formula is C18H23NO2. The van der Waals surface area contributed by atoms with Crippen LogP contribution in [0.25, 0.3) is 0 Å². The van der Waals surface area contributed by atoms with Crippen LogP contribution in [0.2, 0.25) is 0 Å². The standard InChI is InChI=1S/C18H23NO2/c1-13(2)21-16-8-6-15(7-9-16)12-19-17-10-5-14(3)11-18(17)20-4/h5-11,13,19H,12H2,1-4H3. The number of hydrogen-bond acceptors (Lipinski definition) is 3. The van der Waals surface area contributed by atoms with Gasteiger partial charge in [-0.15, -0.1) is 0 Å². The molecule has 2 rings (SSSR count). The van der Waals surface area contributed by atoms with Crippen LogP contribution >= 0.6 is 0 Å². The second kappa shape index (κ2) is 7.02. The molecule has 0 saturated heterocycles. The molecule has 0 unspecified atom stereocenters. The molecular weight excluding hydrogens is 262 g/mol. The summed E-state index contributed by atoms with van der Waals surface area (Å²) in [5.41, 5.74) is 3.40. The summed E-state index contributed by atoms with van der Waals surface area (Å²) >= 11 is 0. The number of anilines is 1. The largest absolute Gasteiger partial charge is 0.495 e. The van der Waals surface area contributed by atoms with E-state index in [1.165, 1.54) is 11.1 Å². The van der Waals surface area contributed by atoms with Gasteiger partial charge in [-0.3, -0.25) is 0 Å². The van der Waals surface area contributed by atoms with Crippen molar-refractivity contribution in [3.05, 3.63) is 53.6 Å². The first kappa shape index (κ1) is 15.2. The Morgan fingerprint density at radius 3 is 2.38 bits per heavy atom. The zero-order valence-electron chi connectivity index (χ0n) is 13.1. The Morgan fingerprint density at radius 1 is 1.05 bits per heavy atom. The van der Waals surface area contributed by atoms with Gasteiger partial charge in [0.15, 0.2) is 0 Å². The third-order valence-corrected chi connectivity index (χ3v) is 3.14. The number of aryl methyl sites for hydroxylation is 1. The van der Waals surface area contributed by atoms with Gasteiger partial charge in [0.2, 0.25) is 0 Å². The maximum atomic E-state index is 5.64. The van der Waals surface area contributed by atoms with Crippen molar-refractivity contribution in [3.8, 4) is 11.5 Å². The minimum absolute atomic E-state index is 0.200. The Hall–Kier alpha value is -2.16. The molecule has 3 heteroatoms. The molecule has 0 aliphatic rings. The summed E-state index contributed by atoms with van der Waals surface area (Å²) in [5, 5.41) is 3.40. The van der Waals surface area contributed by atoms with E-state index in [0.717, 1.165) is 23.7 Å². The lowest BCUT2D eigenvalue weighted by molar-refractivity contribution is 0.242. The van der Waals surface area contributed by atoms with Crippen LogP contribution in [-0.4, -0.2) is 13.2 Å². The zero-order valence-corrected chi connectivity index (χ0v) is 13.1. The van der Waals surface area contributed by atoms with Crippen molar-refractivity contribution in [3.63, 3.8) is 0 Å². The molecule has 1 N–H and O–H groups in total. The van der Waals surface area contributed by atoms with E-state index in [2.05, 4.69) is 30.4 Å². The van der Waals surface area contributed by atoms with Gasteiger partial charge in [-0.2, -0.15) is 0 Å². The molecule has 0 fully saturated rings. The van der Waals surface area contributed by atoms with Crippen molar-refractivity contribution in [1.29, 1.82) is 0 Å². The molecule has 0 atom stereocenters. The first-order chi connectivity index (χ1) is 10.1. The highest BCUT2D eigenvalue weighted by Crippen LogP contribution is 2.26. The summed E-state index contributed by atoms with van der Waals surface area (Å²) in [6.45, 7) is 6.86. The average molecular weight is 285 g/mol. The van der Waals surface area contributed by atoms with Crippen LogP contribution in [0, 0.1) is 6.92 Å². The molecule has 0 aromatic heterocycles. The summed E-state index contributed by atoms with van der Waals surface area (Å²) in [6.07, 6.45) is 0.200. The van der Waals surface area contributed by atoms with Crippen molar-refractivity contribution in [2.75, 3.05) is 12.4 Å². The Balaban J connectivity index is 2.00. The molecule has 0 radical (unpaired) electrons. The number of methoxy groups -OCH3 is 1. The van der Waals surface area contributed by atoms with E-state index in [9.17, 15) is 0 Å². The highest BCUT2D eigenvalue weighted by Gasteiger charge is 2.03. The van der Waals surface area contributed by atoms with E-state index in [1.807, 2.05) is 38.1 Å². The molecule has 0 saturated carbocycles. The Labute approximate surface area is 126 Å². The van der Waals surface area contributed by atoms with Crippen LogP contribution in [0.5, 0.6) is 11.5 Å². The second-order valence-corrected chi connectivity index (χ2v) is 5.37. The lowest BCUT2D eigenvalue weighted by Gasteiger charge is -2.13. The molecule has 0 aliphatic carbocycles. The van der Waals surface area contributed by atoms with Crippen LogP contribution in [0.15, 0.2) is 42.5 Å². The van der Waals surface area contributed by atoms with Crippen LogP contribution < -0.4 is 14.8 Å². The maximum absolute atomic E-state index is 5.64. The molecule has 112 valence electrons. The SMILES string of the molecule is COc1cc(C)ccc1NCc1ccc(OC(C)C)cc1. The lowest BCUT2D eigenvalue weighted by Crippen LogP contribution is -2.06. The lowest BCUT2D eigenvalue weighted by atomic mass is 10.2. The van der Waals surface area contributed by atoms with Gasteiger partial charge in [-0.05, 0) is 56.2 Å². The second-order valence-electron chi connectivity index (χ2n) is 5.37. The summed E-state index contributed by atoms with van der Waals surface area (Å²) in [5.74, 6) is 1.77. The first-order valence-electron chi connectivity index (χ1n) is 7.22. The minimum atomic E-state index is 0.200. The Morgan fingerprint density at radius 2 is 1.76 bits per heavy atom. The van der Waals surface area contributed by atoms with Crippen molar-refractivity contribution in [2.24, 2.45) is 0 Å². The molecule has 0 aliphatic heterocycles. The smallest absolute Gasteiger partial charge is 0.142 e. The van der Waals surface area contributed by atoms with Crippen LogP contribution in [0.1, 0.15) is 25.0 Å². The van der Waals surface area contributed by atoms with Crippen molar-refractivity contribution < 1.29 is 9.47 Å². The summed E-state index contributed by atoms with van der Waals surface area (Å²) in [7, 11) is 1.69. The van der Waals surface area contributed by atoms with Crippen molar-refractivity contribution >= 4 is 5.69 Å². The molecule has 0 amide bonds. The fraction of sp³-hybridized carbons (Fsp3) is 0.333. The predicted octanol–water partition coefficient (Wildman–Crippen LogP) is 4.40. The van der Waals surface area contributed by atoms with Crippen molar-refractivity contribution in [2.45, 2.75) is 33.4 Å². The van der Waals surface area contributed by atoms with Gasteiger partial charge in [-0.1, -0.05) is 18.2 Å². The van der Waals surface area contributed by atoms with Gasteiger partial charge in [0.05, 0.1) is 18.9 Å². The fourth-order valence-corrected chi connectivity index (χ4v) is 2.10. The average Bonchev–Trinajstić information content (AvgIpc) is 2.46. The number of rotatable bonds is 6. The zero-order chi connectivity index (χ0) is 15.2. The van der Waals surface area contributed by atoms with E-state index in [1.54, 1.807) is 7.11 Å². The third-order valence-electron chi connectivity index (χ3n) is 3.14. The van der Waals surface area contributed by atoms with E-state index in [-0.39, 0.29) is 6.10 Å².